The lowest BCUT2D eigenvalue weighted by Gasteiger charge is -2.37. The van der Waals surface area contributed by atoms with Crippen molar-refractivity contribution in [3.05, 3.63) is 82.9 Å². The van der Waals surface area contributed by atoms with Gasteiger partial charge in [-0.1, -0.05) is 11.6 Å². The summed E-state index contributed by atoms with van der Waals surface area (Å²) in [6, 6.07) is 10.6. The Morgan fingerprint density at radius 1 is 1.11 bits per heavy atom. The number of ketones is 1. The minimum atomic E-state index is -4.24. The van der Waals surface area contributed by atoms with E-state index in [1.165, 1.54) is 54.9 Å². The van der Waals surface area contributed by atoms with Gasteiger partial charge in [-0.05, 0) is 50.2 Å². The summed E-state index contributed by atoms with van der Waals surface area (Å²) in [5.74, 6) is -1.19. The predicted octanol–water partition coefficient (Wildman–Crippen LogP) is 3.65. The van der Waals surface area contributed by atoms with E-state index in [2.05, 4.69) is 4.72 Å². The zero-order valence-electron chi connectivity index (χ0n) is 19.0. The van der Waals surface area contributed by atoms with Crippen molar-refractivity contribution in [1.82, 2.24) is 0 Å². The van der Waals surface area contributed by atoms with Crippen molar-refractivity contribution in [3.63, 3.8) is 0 Å². The zero-order valence-corrected chi connectivity index (χ0v) is 20.6. The van der Waals surface area contributed by atoms with Crippen LogP contribution in [0.15, 0.2) is 65.8 Å². The summed E-state index contributed by atoms with van der Waals surface area (Å²) >= 11 is 6.06. The van der Waals surface area contributed by atoms with Gasteiger partial charge in [-0.25, -0.2) is 12.8 Å². The molecule has 0 spiro atoms. The minimum Gasteiger partial charge on any atom is -0.372 e. The number of aromatic nitrogens is 1. The number of nitrogens with zero attached hydrogens (tertiary/aromatic N) is 2. The SMILES string of the molecule is C[C@@H]1CN(c2ccc(S(=O)(=O)Nc3ccc(Cl)cc3C(=O)c3cc[n+](O)cc3)cc2F)C[C@H](C)O1. The van der Waals surface area contributed by atoms with Crippen molar-refractivity contribution in [2.45, 2.75) is 31.0 Å². The van der Waals surface area contributed by atoms with Crippen molar-refractivity contribution < 1.29 is 32.3 Å². The molecule has 0 aliphatic carbocycles. The Balaban J connectivity index is 1.63. The monoisotopic (exact) mass is 520 g/mol. The van der Waals surface area contributed by atoms with E-state index in [4.69, 9.17) is 16.3 Å². The second-order valence-electron chi connectivity index (χ2n) is 8.37. The molecule has 1 aliphatic rings. The van der Waals surface area contributed by atoms with Crippen molar-refractivity contribution >= 4 is 38.8 Å². The molecule has 35 heavy (non-hydrogen) atoms. The number of benzene rings is 2. The third-order valence-electron chi connectivity index (χ3n) is 5.54. The molecular formula is C24H24ClFN3O5S+. The summed E-state index contributed by atoms with van der Waals surface area (Å²) in [5, 5.41) is 9.62. The van der Waals surface area contributed by atoms with Gasteiger partial charge in [0.2, 0.25) is 12.4 Å². The topological polar surface area (TPSA) is 99.8 Å². The van der Waals surface area contributed by atoms with Crippen molar-refractivity contribution in [2.75, 3.05) is 22.7 Å². The average molecular weight is 521 g/mol. The number of carbonyl (C=O) groups is 1. The van der Waals surface area contributed by atoms with Gasteiger partial charge in [0.25, 0.3) is 10.0 Å². The molecule has 1 aliphatic heterocycles. The van der Waals surface area contributed by atoms with Crippen LogP contribution in [0.4, 0.5) is 15.8 Å². The van der Waals surface area contributed by atoms with Gasteiger partial charge >= 0.3 is 0 Å². The second-order valence-corrected chi connectivity index (χ2v) is 10.5. The van der Waals surface area contributed by atoms with Gasteiger partial charge in [0, 0.05) is 46.1 Å². The Hall–Kier alpha value is -3.21. The van der Waals surface area contributed by atoms with Crippen LogP contribution in [0.1, 0.15) is 29.8 Å². The lowest BCUT2D eigenvalue weighted by Crippen LogP contribution is -2.45. The zero-order chi connectivity index (χ0) is 25.3. The Morgan fingerprint density at radius 2 is 1.77 bits per heavy atom. The molecule has 4 rings (SSSR count). The third kappa shape index (κ3) is 5.55. The van der Waals surface area contributed by atoms with E-state index in [0.717, 1.165) is 10.8 Å². The number of halogens is 2. The number of hydrogen-bond acceptors (Lipinski definition) is 6. The highest BCUT2D eigenvalue weighted by atomic mass is 35.5. The summed E-state index contributed by atoms with van der Waals surface area (Å²) in [6.07, 6.45) is 2.36. The van der Waals surface area contributed by atoms with Crippen LogP contribution in [0, 0.1) is 5.82 Å². The normalized spacial score (nSPS) is 18.3. The van der Waals surface area contributed by atoms with Gasteiger partial charge in [-0.2, -0.15) is 0 Å². The number of carbonyl (C=O) groups excluding carboxylic acids is 1. The van der Waals surface area contributed by atoms with Crippen LogP contribution >= 0.6 is 11.6 Å². The van der Waals surface area contributed by atoms with Gasteiger partial charge in [0.05, 0.1) is 28.5 Å². The average Bonchev–Trinajstić information content (AvgIpc) is 2.79. The molecule has 1 aromatic heterocycles. The fraction of sp³-hybridized carbons (Fsp3) is 0.250. The van der Waals surface area contributed by atoms with Crippen LogP contribution < -0.4 is 14.4 Å². The molecule has 0 saturated carbocycles. The van der Waals surface area contributed by atoms with Gasteiger partial charge in [-0.3, -0.25) is 14.7 Å². The standard InChI is InChI=1S/C24H23ClFN3O5S/c1-15-13-28(14-16(2)34-15)23-6-4-19(12-21(23)26)35(32,33)27-22-5-3-18(25)11-20(22)24(30)17-7-9-29(31)10-8-17/h3-12,15-16H,13-14H2,1-2H3,(H-,27,30,31)/p+1/t15-,16+. The first-order valence-electron chi connectivity index (χ1n) is 10.8. The fourth-order valence-electron chi connectivity index (χ4n) is 4.01. The summed E-state index contributed by atoms with van der Waals surface area (Å²) < 4.78 is 50.0. The highest BCUT2D eigenvalue weighted by Crippen LogP contribution is 2.29. The largest absolute Gasteiger partial charge is 0.372 e. The highest BCUT2D eigenvalue weighted by molar-refractivity contribution is 7.92. The molecule has 8 nitrogen and oxygen atoms in total. The Morgan fingerprint density at radius 3 is 2.40 bits per heavy atom. The van der Waals surface area contributed by atoms with Crippen molar-refractivity contribution in [2.24, 2.45) is 0 Å². The van der Waals surface area contributed by atoms with E-state index >= 15 is 4.39 Å². The predicted molar refractivity (Wildman–Crippen MR) is 128 cm³/mol. The fourth-order valence-corrected chi connectivity index (χ4v) is 5.27. The van der Waals surface area contributed by atoms with Gasteiger partial charge < -0.3 is 9.64 Å². The van der Waals surface area contributed by atoms with E-state index < -0.39 is 21.6 Å². The molecule has 0 unspecified atom stereocenters. The molecule has 2 N–H and O–H groups in total. The number of hydrogen-bond donors (Lipinski definition) is 2. The molecule has 184 valence electrons. The number of sulfonamides is 1. The number of nitrogens with one attached hydrogen (secondary N) is 1. The highest BCUT2D eigenvalue weighted by Gasteiger charge is 2.26. The molecular weight excluding hydrogens is 497 g/mol. The molecule has 0 bridgehead atoms. The Bertz CT molecular complexity index is 1360. The number of ether oxygens (including phenoxy) is 1. The maximum atomic E-state index is 15.0. The lowest BCUT2D eigenvalue weighted by molar-refractivity contribution is -0.904. The van der Waals surface area contributed by atoms with Crippen LogP contribution in [-0.2, 0) is 14.8 Å². The summed E-state index contributed by atoms with van der Waals surface area (Å²) in [5.41, 5.74) is 0.492. The third-order valence-corrected chi connectivity index (χ3v) is 7.13. The molecule has 2 atom stereocenters. The van der Waals surface area contributed by atoms with E-state index in [-0.39, 0.29) is 38.9 Å². The van der Waals surface area contributed by atoms with E-state index in [0.29, 0.717) is 18.8 Å². The van der Waals surface area contributed by atoms with E-state index in [1.807, 2.05) is 18.7 Å². The summed E-state index contributed by atoms with van der Waals surface area (Å²) in [7, 11) is -4.24. The number of rotatable bonds is 6. The van der Waals surface area contributed by atoms with Crippen molar-refractivity contribution in [1.29, 1.82) is 0 Å². The second kappa shape index (κ2) is 9.80. The van der Waals surface area contributed by atoms with Gasteiger partial charge in [0.15, 0.2) is 5.78 Å². The molecule has 1 fully saturated rings. The first kappa shape index (κ1) is 24.9. The van der Waals surface area contributed by atoms with E-state index in [1.54, 1.807) is 0 Å². The number of morpholine rings is 1. The quantitative estimate of drug-likeness (QED) is 0.292. The Kier molecular flexibility index (Phi) is 6.98. The first-order valence-corrected chi connectivity index (χ1v) is 12.7. The van der Waals surface area contributed by atoms with Crippen LogP contribution in [0.2, 0.25) is 5.02 Å². The molecule has 2 heterocycles. The molecule has 3 aromatic rings. The lowest BCUT2D eigenvalue weighted by atomic mass is 10.0. The number of anilines is 2. The van der Waals surface area contributed by atoms with Crippen LogP contribution in [0.25, 0.3) is 0 Å². The maximum absolute atomic E-state index is 15.0. The van der Waals surface area contributed by atoms with E-state index in [9.17, 15) is 18.4 Å². The van der Waals surface area contributed by atoms with Crippen molar-refractivity contribution in [3.8, 4) is 0 Å². The molecule has 0 amide bonds. The molecule has 2 aromatic carbocycles. The Labute approximate surface area is 207 Å². The maximum Gasteiger partial charge on any atom is 0.262 e. The minimum absolute atomic E-state index is 0.00477. The van der Waals surface area contributed by atoms with Crippen LogP contribution in [0.3, 0.4) is 0 Å². The van der Waals surface area contributed by atoms with Gasteiger partial charge in [0.1, 0.15) is 5.82 Å². The summed E-state index contributed by atoms with van der Waals surface area (Å²) in [6.45, 7) is 4.76. The van der Waals surface area contributed by atoms with Gasteiger partial charge in [-0.15, -0.1) is 0 Å². The summed E-state index contributed by atoms with van der Waals surface area (Å²) in [4.78, 5) is 14.6. The number of pyridine rings is 1. The first-order chi connectivity index (χ1) is 16.5. The smallest absolute Gasteiger partial charge is 0.262 e. The van der Waals surface area contributed by atoms with Crippen LogP contribution in [0.5, 0.6) is 0 Å². The molecule has 11 heteroatoms. The molecule has 1 saturated heterocycles. The molecule has 0 radical (unpaired) electrons. The van der Waals surface area contributed by atoms with Crippen LogP contribution in [-0.4, -0.2) is 44.7 Å².